The lowest BCUT2D eigenvalue weighted by molar-refractivity contribution is -0.0375. The maximum absolute atomic E-state index is 5.36. The van der Waals surface area contributed by atoms with E-state index in [1.54, 1.807) is 0 Å². The topological polar surface area (TPSA) is 48.4 Å². The lowest BCUT2D eigenvalue weighted by atomic mass is 9.68. The van der Waals surface area contributed by atoms with Crippen molar-refractivity contribution in [3.05, 3.63) is 11.6 Å². The minimum atomic E-state index is 0.123. The van der Waals surface area contributed by atoms with Gasteiger partial charge in [-0.2, -0.15) is 9.97 Å². The molecule has 1 aromatic rings. The molecule has 3 heterocycles. The molecule has 0 bridgehead atoms. The van der Waals surface area contributed by atoms with Gasteiger partial charge in [0.05, 0.1) is 0 Å². The van der Waals surface area contributed by atoms with Gasteiger partial charge in [0.25, 0.3) is 0 Å². The van der Waals surface area contributed by atoms with Crippen LogP contribution in [0.15, 0.2) is 0 Å². The molecule has 2 aliphatic rings. The second-order valence-corrected chi connectivity index (χ2v) is 15.1. The highest BCUT2D eigenvalue weighted by molar-refractivity contribution is 5.34. The van der Waals surface area contributed by atoms with E-state index >= 15 is 0 Å². The summed E-state index contributed by atoms with van der Waals surface area (Å²) in [5.41, 5.74) is 0.555. The van der Waals surface area contributed by atoms with Gasteiger partial charge in [-0.05, 0) is 121 Å². The summed E-state index contributed by atoms with van der Waals surface area (Å²) in [4.78, 5) is 23.1. The number of rotatable bonds is 9. The molecule has 3 rings (SSSR count). The van der Waals surface area contributed by atoms with Crippen LogP contribution >= 0.6 is 0 Å². The quantitative estimate of drug-likeness (QED) is 0.337. The van der Waals surface area contributed by atoms with Crippen molar-refractivity contribution in [1.29, 1.82) is 0 Å². The molecule has 0 aliphatic carbocycles. The van der Waals surface area contributed by atoms with Gasteiger partial charge in [0.15, 0.2) is 0 Å². The standard InChI is InChI=1S/C32H60N6/c1-14-16-18-38(25-21-31(8,9)37(13)32(10,11)22-25)28-34-23(3)33-27(35-28)26(17-15-2)24-19-29(4,5)36(12)30(6,7)20-24/h24-26H,14-22H2,1-13H3. The minimum absolute atomic E-state index is 0.123. The number of aryl methyl sites for hydroxylation is 1. The van der Waals surface area contributed by atoms with Crippen molar-refractivity contribution in [2.45, 2.75) is 162 Å². The SMILES string of the molecule is CCCCN(c1nc(C)nc(C(CCC)C2CC(C)(C)N(C)C(C)(C)C2)n1)C1CC(C)(C)N(C)C(C)(C)C1. The first-order chi connectivity index (χ1) is 17.4. The Morgan fingerprint density at radius 2 is 1.26 bits per heavy atom. The van der Waals surface area contributed by atoms with Crippen LogP contribution in [-0.2, 0) is 0 Å². The number of nitrogens with zero attached hydrogens (tertiary/aromatic N) is 6. The van der Waals surface area contributed by atoms with Crippen LogP contribution in [0.25, 0.3) is 0 Å². The summed E-state index contributed by atoms with van der Waals surface area (Å²) in [5, 5.41) is 0. The number of likely N-dealkylation sites (tertiary alicyclic amines) is 2. The van der Waals surface area contributed by atoms with Gasteiger partial charge >= 0.3 is 0 Å². The van der Waals surface area contributed by atoms with Crippen LogP contribution in [0, 0.1) is 12.8 Å². The smallest absolute Gasteiger partial charge is 0.229 e. The van der Waals surface area contributed by atoms with Gasteiger partial charge in [0.1, 0.15) is 11.6 Å². The fourth-order valence-corrected chi connectivity index (χ4v) is 7.72. The second kappa shape index (κ2) is 11.3. The number of anilines is 1. The van der Waals surface area contributed by atoms with Gasteiger partial charge in [0, 0.05) is 40.7 Å². The van der Waals surface area contributed by atoms with E-state index in [1.807, 2.05) is 0 Å². The Kier molecular flexibility index (Phi) is 9.30. The molecule has 2 fully saturated rings. The molecule has 0 N–H and O–H groups in total. The lowest BCUT2D eigenvalue weighted by Gasteiger charge is -2.55. The Morgan fingerprint density at radius 1 is 0.763 bits per heavy atom. The van der Waals surface area contributed by atoms with E-state index in [-0.39, 0.29) is 22.2 Å². The van der Waals surface area contributed by atoms with Gasteiger partial charge in [-0.15, -0.1) is 0 Å². The summed E-state index contributed by atoms with van der Waals surface area (Å²) in [5.74, 6) is 3.74. The summed E-state index contributed by atoms with van der Waals surface area (Å²) in [6.07, 6.45) is 9.19. The van der Waals surface area contributed by atoms with Gasteiger partial charge in [-0.25, -0.2) is 4.98 Å². The molecule has 0 amide bonds. The van der Waals surface area contributed by atoms with E-state index in [0.29, 0.717) is 17.9 Å². The molecule has 218 valence electrons. The Balaban J connectivity index is 2.03. The normalized spacial score (nSPS) is 24.9. The molecule has 1 aromatic heterocycles. The average molecular weight is 529 g/mol. The monoisotopic (exact) mass is 528 g/mol. The Morgan fingerprint density at radius 3 is 1.74 bits per heavy atom. The van der Waals surface area contributed by atoms with Crippen LogP contribution < -0.4 is 4.90 Å². The summed E-state index contributed by atoms with van der Waals surface area (Å²) in [6.45, 7) is 26.9. The van der Waals surface area contributed by atoms with Gasteiger partial charge < -0.3 is 4.90 Å². The molecule has 2 aliphatic heterocycles. The van der Waals surface area contributed by atoms with Crippen molar-refractivity contribution in [2.75, 3.05) is 25.5 Å². The van der Waals surface area contributed by atoms with Crippen LogP contribution in [0.4, 0.5) is 5.95 Å². The molecule has 1 unspecified atom stereocenters. The summed E-state index contributed by atoms with van der Waals surface area (Å²) < 4.78 is 0. The molecule has 6 nitrogen and oxygen atoms in total. The molecule has 2 saturated heterocycles. The minimum Gasteiger partial charge on any atom is -0.338 e. The van der Waals surface area contributed by atoms with Crippen molar-refractivity contribution < 1.29 is 0 Å². The highest BCUT2D eigenvalue weighted by atomic mass is 15.3. The summed E-state index contributed by atoms with van der Waals surface area (Å²) in [7, 11) is 4.59. The van der Waals surface area contributed by atoms with Gasteiger partial charge in [-0.1, -0.05) is 26.7 Å². The number of aromatic nitrogens is 3. The third-order valence-corrected chi connectivity index (χ3v) is 10.3. The van der Waals surface area contributed by atoms with Gasteiger partial charge in [-0.3, -0.25) is 9.80 Å². The zero-order valence-electron chi connectivity index (χ0n) is 27.3. The molecule has 0 spiro atoms. The van der Waals surface area contributed by atoms with Crippen molar-refractivity contribution in [1.82, 2.24) is 24.8 Å². The van der Waals surface area contributed by atoms with Crippen LogP contribution in [0.2, 0.25) is 0 Å². The Bertz CT molecular complexity index is 900. The van der Waals surface area contributed by atoms with Crippen LogP contribution in [0.3, 0.4) is 0 Å². The van der Waals surface area contributed by atoms with E-state index in [9.17, 15) is 0 Å². The van der Waals surface area contributed by atoms with Crippen LogP contribution in [0.1, 0.15) is 138 Å². The highest BCUT2D eigenvalue weighted by Gasteiger charge is 2.47. The predicted octanol–water partition coefficient (Wildman–Crippen LogP) is 7.22. The molecule has 6 heteroatoms. The van der Waals surface area contributed by atoms with E-state index in [4.69, 9.17) is 15.0 Å². The van der Waals surface area contributed by atoms with Crippen molar-refractivity contribution >= 4 is 5.95 Å². The van der Waals surface area contributed by atoms with Gasteiger partial charge in [0.2, 0.25) is 5.95 Å². The molecule has 0 saturated carbocycles. The van der Waals surface area contributed by atoms with Crippen LogP contribution in [0.5, 0.6) is 0 Å². The average Bonchev–Trinajstić information content (AvgIpc) is 2.78. The molecule has 0 radical (unpaired) electrons. The third kappa shape index (κ3) is 6.54. The fraction of sp³-hybridized carbons (Fsp3) is 0.906. The lowest BCUT2D eigenvalue weighted by Crippen LogP contribution is -2.63. The molecule has 1 atom stereocenters. The van der Waals surface area contributed by atoms with E-state index in [0.717, 1.165) is 56.2 Å². The zero-order chi connectivity index (χ0) is 28.7. The first kappa shape index (κ1) is 31.3. The molecule has 0 aromatic carbocycles. The first-order valence-corrected chi connectivity index (χ1v) is 15.4. The third-order valence-electron chi connectivity index (χ3n) is 10.3. The highest BCUT2D eigenvalue weighted by Crippen LogP contribution is 2.47. The maximum Gasteiger partial charge on any atom is 0.229 e. The van der Waals surface area contributed by atoms with Crippen LogP contribution in [-0.4, -0.2) is 73.6 Å². The first-order valence-electron chi connectivity index (χ1n) is 15.4. The number of piperidine rings is 2. The zero-order valence-corrected chi connectivity index (χ0v) is 27.3. The fourth-order valence-electron chi connectivity index (χ4n) is 7.72. The number of hydrogen-bond donors (Lipinski definition) is 0. The molecule has 38 heavy (non-hydrogen) atoms. The number of hydrogen-bond acceptors (Lipinski definition) is 6. The van der Waals surface area contributed by atoms with E-state index in [1.165, 1.54) is 19.3 Å². The number of unbranched alkanes of at least 4 members (excludes halogenated alkanes) is 1. The molecular formula is C32H60N6. The maximum atomic E-state index is 5.36. The Hall–Kier alpha value is -1.27. The predicted molar refractivity (Wildman–Crippen MR) is 162 cm³/mol. The van der Waals surface area contributed by atoms with Crippen molar-refractivity contribution in [3.8, 4) is 0 Å². The second-order valence-electron chi connectivity index (χ2n) is 15.1. The van der Waals surface area contributed by atoms with E-state index < -0.39 is 0 Å². The van der Waals surface area contributed by atoms with Crippen molar-refractivity contribution in [2.24, 2.45) is 5.92 Å². The Labute approximate surface area is 235 Å². The van der Waals surface area contributed by atoms with Crippen molar-refractivity contribution in [3.63, 3.8) is 0 Å². The largest absolute Gasteiger partial charge is 0.338 e. The van der Waals surface area contributed by atoms with E-state index in [2.05, 4.69) is 105 Å². The molecular weight excluding hydrogens is 468 g/mol. The summed E-state index contributed by atoms with van der Waals surface area (Å²) in [6, 6.07) is 0.420. The summed E-state index contributed by atoms with van der Waals surface area (Å²) >= 11 is 0.